The molecule has 0 spiro atoms. The molecular formula is C16H16N2O2. The topological polar surface area (TPSA) is 51.2 Å². The van der Waals surface area contributed by atoms with E-state index in [4.69, 9.17) is 4.74 Å². The SMILES string of the molecule is O=C(NCC1(c2ccccn2)CC1)Oc1ccccc1. The monoisotopic (exact) mass is 268 g/mol. The number of pyridine rings is 1. The zero-order valence-corrected chi connectivity index (χ0v) is 11.1. The molecule has 102 valence electrons. The predicted octanol–water partition coefficient (Wildman–Crippen LogP) is 2.90. The molecule has 1 aliphatic rings. The number of hydrogen-bond acceptors (Lipinski definition) is 3. The summed E-state index contributed by atoms with van der Waals surface area (Å²) in [4.78, 5) is 16.1. The minimum Gasteiger partial charge on any atom is -0.410 e. The number of carbonyl (C=O) groups excluding carboxylic acids is 1. The van der Waals surface area contributed by atoms with Crippen LogP contribution in [0.3, 0.4) is 0 Å². The Morgan fingerprint density at radius 1 is 1.15 bits per heavy atom. The fraction of sp³-hybridized carbons (Fsp3) is 0.250. The summed E-state index contributed by atoms with van der Waals surface area (Å²) in [7, 11) is 0. The standard InChI is InChI=1S/C16H16N2O2/c19-15(20-13-6-2-1-3-7-13)18-12-16(9-10-16)14-8-4-5-11-17-14/h1-8,11H,9-10,12H2,(H,18,19). The lowest BCUT2D eigenvalue weighted by atomic mass is 10.0. The molecule has 1 heterocycles. The molecule has 0 saturated heterocycles. The maximum atomic E-state index is 11.8. The minimum atomic E-state index is -0.418. The zero-order chi connectivity index (χ0) is 13.8. The summed E-state index contributed by atoms with van der Waals surface area (Å²) in [6.07, 6.45) is 3.47. The third-order valence-electron chi connectivity index (χ3n) is 3.59. The molecule has 1 aromatic heterocycles. The van der Waals surface area contributed by atoms with Crippen molar-refractivity contribution < 1.29 is 9.53 Å². The highest BCUT2D eigenvalue weighted by atomic mass is 16.6. The van der Waals surface area contributed by atoms with Crippen LogP contribution in [0.25, 0.3) is 0 Å². The highest BCUT2D eigenvalue weighted by Gasteiger charge is 2.45. The maximum Gasteiger partial charge on any atom is 0.412 e. The first-order valence-corrected chi connectivity index (χ1v) is 6.71. The Hall–Kier alpha value is -2.36. The number of amides is 1. The van der Waals surface area contributed by atoms with Gasteiger partial charge in [0.05, 0.1) is 0 Å². The summed E-state index contributed by atoms with van der Waals surface area (Å²) < 4.78 is 5.20. The molecule has 1 aliphatic carbocycles. The number of benzene rings is 1. The molecule has 0 aliphatic heterocycles. The number of nitrogens with zero attached hydrogens (tertiary/aromatic N) is 1. The Balaban J connectivity index is 1.56. The largest absolute Gasteiger partial charge is 0.412 e. The minimum absolute atomic E-state index is 0.00301. The van der Waals surface area contributed by atoms with E-state index in [0.29, 0.717) is 12.3 Å². The molecule has 3 rings (SSSR count). The average Bonchev–Trinajstić information content (AvgIpc) is 3.28. The average molecular weight is 268 g/mol. The van der Waals surface area contributed by atoms with Gasteiger partial charge in [-0.25, -0.2) is 4.79 Å². The molecule has 4 nitrogen and oxygen atoms in total. The van der Waals surface area contributed by atoms with Crippen LogP contribution in [-0.4, -0.2) is 17.6 Å². The lowest BCUT2D eigenvalue weighted by Gasteiger charge is -2.15. The van der Waals surface area contributed by atoms with E-state index >= 15 is 0 Å². The Morgan fingerprint density at radius 3 is 2.55 bits per heavy atom. The number of ether oxygens (including phenoxy) is 1. The van der Waals surface area contributed by atoms with Crippen molar-refractivity contribution in [1.29, 1.82) is 0 Å². The lowest BCUT2D eigenvalue weighted by molar-refractivity contribution is 0.199. The first-order valence-electron chi connectivity index (χ1n) is 6.71. The molecule has 0 atom stereocenters. The molecule has 20 heavy (non-hydrogen) atoms. The third-order valence-corrected chi connectivity index (χ3v) is 3.59. The Morgan fingerprint density at radius 2 is 1.90 bits per heavy atom. The van der Waals surface area contributed by atoms with E-state index in [-0.39, 0.29) is 5.41 Å². The van der Waals surface area contributed by atoms with Gasteiger partial charge in [0.15, 0.2) is 0 Å². The van der Waals surface area contributed by atoms with Gasteiger partial charge in [0, 0.05) is 23.9 Å². The lowest BCUT2D eigenvalue weighted by Crippen LogP contribution is -2.34. The number of nitrogens with one attached hydrogen (secondary N) is 1. The second-order valence-electron chi connectivity index (χ2n) is 5.05. The number of hydrogen-bond donors (Lipinski definition) is 1. The second kappa shape index (κ2) is 5.33. The van der Waals surface area contributed by atoms with Crippen molar-refractivity contribution in [2.24, 2.45) is 0 Å². The number of aromatic nitrogens is 1. The summed E-state index contributed by atoms with van der Waals surface area (Å²) in [6, 6.07) is 14.9. The van der Waals surface area contributed by atoms with Crippen molar-refractivity contribution >= 4 is 6.09 Å². The van der Waals surface area contributed by atoms with E-state index in [1.54, 1.807) is 18.3 Å². The van der Waals surface area contributed by atoms with E-state index in [1.165, 1.54) is 0 Å². The van der Waals surface area contributed by atoms with E-state index in [2.05, 4.69) is 10.3 Å². The molecule has 0 unspecified atom stereocenters. The summed E-state index contributed by atoms with van der Waals surface area (Å²) >= 11 is 0. The van der Waals surface area contributed by atoms with Crippen molar-refractivity contribution in [2.45, 2.75) is 18.3 Å². The van der Waals surface area contributed by atoms with Gasteiger partial charge in [-0.15, -0.1) is 0 Å². The highest BCUT2D eigenvalue weighted by molar-refractivity contribution is 5.70. The fourth-order valence-electron chi connectivity index (χ4n) is 2.22. The van der Waals surface area contributed by atoms with Crippen LogP contribution in [0.1, 0.15) is 18.5 Å². The molecule has 0 bridgehead atoms. The van der Waals surface area contributed by atoms with Crippen molar-refractivity contribution in [2.75, 3.05) is 6.54 Å². The molecule has 2 aromatic rings. The maximum absolute atomic E-state index is 11.8. The van der Waals surface area contributed by atoms with Crippen LogP contribution in [0.5, 0.6) is 5.75 Å². The van der Waals surface area contributed by atoms with Gasteiger partial charge in [-0.2, -0.15) is 0 Å². The van der Waals surface area contributed by atoms with E-state index in [1.807, 2.05) is 36.4 Å². The third kappa shape index (κ3) is 2.79. The molecule has 1 amide bonds. The molecule has 1 aromatic carbocycles. The van der Waals surface area contributed by atoms with E-state index in [9.17, 15) is 4.79 Å². The van der Waals surface area contributed by atoms with Crippen LogP contribution >= 0.6 is 0 Å². The van der Waals surface area contributed by atoms with Crippen molar-refractivity contribution in [3.8, 4) is 5.75 Å². The van der Waals surface area contributed by atoms with E-state index in [0.717, 1.165) is 18.5 Å². The van der Waals surface area contributed by atoms with Crippen LogP contribution in [0.15, 0.2) is 54.7 Å². The van der Waals surface area contributed by atoms with Gasteiger partial charge in [0.2, 0.25) is 0 Å². The van der Waals surface area contributed by atoms with Gasteiger partial charge in [-0.1, -0.05) is 24.3 Å². The van der Waals surface area contributed by atoms with Gasteiger partial charge in [0.1, 0.15) is 5.75 Å². The van der Waals surface area contributed by atoms with Crippen LogP contribution in [-0.2, 0) is 5.41 Å². The van der Waals surface area contributed by atoms with Gasteiger partial charge >= 0.3 is 6.09 Å². The van der Waals surface area contributed by atoms with Gasteiger partial charge in [0.25, 0.3) is 0 Å². The highest BCUT2D eigenvalue weighted by Crippen LogP contribution is 2.46. The van der Waals surface area contributed by atoms with Crippen molar-refractivity contribution in [3.63, 3.8) is 0 Å². The van der Waals surface area contributed by atoms with E-state index < -0.39 is 6.09 Å². The first kappa shape index (κ1) is 12.7. The molecule has 4 heteroatoms. The molecular weight excluding hydrogens is 252 g/mol. The number of rotatable bonds is 4. The Bertz CT molecular complexity index is 580. The van der Waals surface area contributed by atoms with Gasteiger partial charge < -0.3 is 10.1 Å². The Kier molecular flexibility index (Phi) is 3.37. The quantitative estimate of drug-likeness (QED) is 0.927. The normalized spacial score (nSPS) is 15.4. The van der Waals surface area contributed by atoms with Gasteiger partial charge in [-0.3, -0.25) is 4.98 Å². The summed E-state index contributed by atoms with van der Waals surface area (Å²) in [5.74, 6) is 0.549. The first-order chi connectivity index (χ1) is 9.78. The zero-order valence-electron chi connectivity index (χ0n) is 11.1. The second-order valence-corrected chi connectivity index (χ2v) is 5.05. The molecule has 1 fully saturated rings. The Labute approximate surface area is 117 Å². The summed E-state index contributed by atoms with van der Waals surface area (Å²) in [5.41, 5.74) is 1.04. The summed E-state index contributed by atoms with van der Waals surface area (Å²) in [6.45, 7) is 0.565. The number of para-hydroxylation sites is 1. The summed E-state index contributed by atoms with van der Waals surface area (Å²) in [5, 5.41) is 2.83. The van der Waals surface area contributed by atoms with Crippen LogP contribution in [0.4, 0.5) is 4.79 Å². The van der Waals surface area contributed by atoms with Crippen LogP contribution in [0.2, 0.25) is 0 Å². The smallest absolute Gasteiger partial charge is 0.410 e. The van der Waals surface area contributed by atoms with Crippen LogP contribution in [0, 0.1) is 0 Å². The van der Waals surface area contributed by atoms with Crippen LogP contribution < -0.4 is 10.1 Å². The van der Waals surface area contributed by atoms with Crippen molar-refractivity contribution in [3.05, 3.63) is 60.4 Å². The molecule has 1 saturated carbocycles. The molecule has 0 radical (unpaired) electrons. The fourth-order valence-corrected chi connectivity index (χ4v) is 2.22. The van der Waals surface area contributed by atoms with Crippen molar-refractivity contribution in [1.82, 2.24) is 10.3 Å². The van der Waals surface area contributed by atoms with Gasteiger partial charge in [-0.05, 0) is 37.1 Å². The number of carbonyl (C=O) groups is 1. The molecule has 1 N–H and O–H groups in total. The predicted molar refractivity (Wildman–Crippen MR) is 75.6 cm³/mol.